The van der Waals surface area contributed by atoms with Crippen LogP contribution in [0.1, 0.15) is 42.0 Å². The second-order valence-electron chi connectivity index (χ2n) is 6.07. The van der Waals surface area contributed by atoms with Gasteiger partial charge in [0.15, 0.2) is 0 Å². The van der Waals surface area contributed by atoms with Gasteiger partial charge in [-0.15, -0.1) is 6.42 Å². The van der Waals surface area contributed by atoms with E-state index >= 15 is 0 Å². The quantitative estimate of drug-likeness (QED) is 0.296. The normalized spacial score (nSPS) is 9.57. The number of hydrogen-bond acceptors (Lipinski definition) is 3. The molecular formula is C25H24O3. The summed E-state index contributed by atoms with van der Waals surface area (Å²) in [6.45, 7) is 6.38. The van der Waals surface area contributed by atoms with Gasteiger partial charge in [-0.2, -0.15) is 0 Å². The molecule has 0 aliphatic heterocycles. The standard InChI is InChI=1S/C25H24O3/c1-4-22-14-11-21(19-23(22)5-2)10-9-20-12-15-24(16-13-20)27-17-7-8-18-28-25(26)6-3/h1,6,11-16,19H,3,5,7-8,17-18H2,2H3. The van der Waals surface area contributed by atoms with Crippen LogP contribution in [0.2, 0.25) is 0 Å². The predicted octanol–water partition coefficient (Wildman–Crippen LogP) is 4.52. The van der Waals surface area contributed by atoms with Crippen molar-refractivity contribution in [2.45, 2.75) is 26.2 Å². The van der Waals surface area contributed by atoms with Crippen LogP contribution in [-0.4, -0.2) is 19.2 Å². The Morgan fingerprint density at radius 2 is 1.75 bits per heavy atom. The number of rotatable bonds is 8. The van der Waals surface area contributed by atoms with E-state index in [0.29, 0.717) is 13.2 Å². The van der Waals surface area contributed by atoms with Crippen molar-refractivity contribution in [2.24, 2.45) is 0 Å². The fourth-order valence-electron chi connectivity index (χ4n) is 2.51. The molecule has 2 rings (SSSR count). The zero-order valence-electron chi connectivity index (χ0n) is 16.2. The summed E-state index contributed by atoms with van der Waals surface area (Å²) < 4.78 is 10.6. The van der Waals surface area contributed by atoms with Crippen LogP contribution in [0.3, 0.4) is 0 Å². The second-order valence-corrected chi connectivity index (χ2v) is 6.07. The lowest BCUT2D eigenvalue weighted by molar-refractivity contribution is -0.137. The number of hydrogen-bond donors (Lipinski definition) is 0. The summed E-state index contributed by atoms with van der Waals surface area (Å²) in [7, 11) is 0. The summed E-state index contributed by atoms with van der Waals surface area (Å²) in [6, 6.07) is 13.6. The molecule has 0 amide bonds. The third-order valence-electron chi connectivity index (χ3n) is 4.07. The molecule has 0 aliphatic rings. The molecule has 0 aliphatic carbocycles. The van der Waals surface area contributed by atoms with Gasteiger partial charge in [0.2, 0.25) is 0 Å². The molecule has 3 heteroatoms. The Bertz CT molecular complexity index is 906. The number of ether oxygens (including phenoxy) is 2. The molecule has 0 heterocycles. The van der Waals surface area contributed by atoms with Gasteiger partial charge in [-0.25, -0.2) is 4.79 Å². The maximum absolute atomic E-state index is 10.9. The lowest BCUT2D eigenvalue weighted by Gasteiger charge is -2.06. The smallest absolute Gasteiger partial charge is 0.330 e. The van der Waals surface area contributed by atoms with E-state index < -0.39 is 5.97 Å². The van der Waals surface area contributed by atoms with Gasteiger partial charge >= 0.3 is 5.97 Å². The van der Waals surface area contributed by atoms with E-state index in [0.717, 1.165) is 53.3 Å². The fraction of sp³-hybridized carbons (Fsp3) is 0.240. The maximum Gasteiger partial charge on any atom is 0.330 e. The Morgan fingerprint density at radius 3 is 2.43 bits per heavy atom. The number of unbranched alkanes of at least 4 members (excludes halogenated alkanes) is 1. The van der Waals surface area contributed by atoms with Gasteiger partial charge in [-0.3, -0.25) is 0 Å². The Kier molecular flexibility index (Phi) is 8.44. The molecule has 0 atom stereocenters. The topological polar surface area (TPSA) is 35.5 Å². The highest BCUT2D eigenvalue weighted by Gasteiger charge is 1.99. The molecule has 0 bridgehead atoms. The highest BCUT2D eigenvalue weighted by Crippen LogP contribution is 2.14. The molecule has 28 heavy (non-hydrogen) atoms. The zero-order valence-corrected chi connectivity index (χ0v) is 16.2. The van der Waals surface area contributed by atoms with E-state index in [1.807, 2.05) is 42.5 Å². The van der Waals surface area contributed by atoms with Crippen molar-refractivity contribution in [3.63, 3.8) is 0 Å². The molecule has 0 unspecified atom stereocenters. The highest BCUT2D eigenvalue weighted by molar-refractivity contribution is 5.81. The van der Waals surface area contributed by atoms with Crippen LogP contribution in [0.25, 0.3) is 0 Å². The summed E-state index contributed by atoms with van der Waals surface area (Å²) in [5, 5.41) is 0. The van der Waals surface area contributed by atoms with E-state index in [4.69, 9.17) is 15.9 Å². The summed E-state index contributed by atoms with van der Waals surface area (Å²) in [4.78, 5) is 10.9. The van der Waals surface area contributed by atoms with Crippen molar-refractivity contribution >= 4 is 5.97 Å². The highest BCUT2D eigenvalue weighted by atomic mass is 16.5. The molecular weight excluding hydrogens is 348 g/mol. The molecule has 0 spiro atoms. The van der Waals surface area contributed by atoms with E-state index in [9.17, 15) is 4.79 Å². The molecule has 0 N–H and O–H groups in total. The van der Waals surface area contributed by atoms with Crippen molar-refractivity contribution < 1.29 is 14.3 Å². The van der Waals surface area contributed by atoms with Gasteiger partial charge < -0.3 is 9.47 Å². The van der Waals surface area contributed by atoms with Crippen molar-refractivity contribution in [2.75, 3.05) is 13.2 Å². The number of esters is 1. The van der Waals surface area contributed by atoms with Gasteiger partial charge in [0, 0.05) is 22.8 Å². The van der Waals surface area contributed by atoms with E-state index in [2.05, 4.69) is 31.3 Å². The van der Waals surface area contributed by atoms with Gasteiger partial charge in [-0.05, 0) is 67.3 Å². The third-order valence-corrected chi connectivity index (χ3v) is 4.07. The van der Waals surface area contributed by atoms with E-state index in [-0.39, 0.29) is 0 Å². The summed E-state index contributed by atoms with van der Waals surface area (Å²) in [6.07, 6.45) is 9.12. The summed E-state index contributed by atoms with van der Waals surface area (Å²) in [5.41, 5.74) is 3.93. The van der Waals surface area contributed by atoms with Gasteiger partial charge in [0.25, 0.3) is 0 Å². The van der Waals surface area contributed by atoms with Crippen LogP contribution in [0.5, 0.6) is 5.75 Å². The Morgan fingerprint density at radius 1 is 1.07 bits per heavy atom. The molecule has 0 saturated heterocycles. The number of benzene rings is 2. The fourth-order valence-corrected chi connectivity index (χ4v) is 2.51. The largest absolute Gasteiger partial charge is 0.494 e. The number of carbonyl (C=O) groups excluding carboxylic acids is 1. The first-order valence-electron chi connectivity index (χ1n) is 9.30. The summed E-state index contributed by atoms with van der Waals surface area (Å²) in [5.74, 6) is 9.44. The monoisotopic (exact) mass is 372 g/mol. The molecule has 142 valence electrons. The molecule has 3 nitrogen and oxygen atoms in total. The van der Waals surface area contributed by atoms with Gasteiger partial charge in [0.1, 0.15) is 5.75 Å². The van der Waals surface area contributed by atoms with Gasteiger partial charge in [0.05, 0.1) is 13.2 Å². The third kappa shape index (κ3) is 6.71. The van der Waals surface area contributed by atoms with Crippen LogP contribution >= 0.6 is 0 Å². The number of aryl methyl sites for hydroxylation is 1. The van der Waals surface area contributed by atoms with Crippen LogP contribution in [0.4, 0.5) is 0 Å². The SMILES string of the molecule is C#Cc1ccc(C#Cc2ccc(OCCCCOC(=O)C=C)cc2)cc1CC. The van der Waals surface area contributed by atoms with Crippen molar-refractivity contribution in [1.82, 2.24) is 0 Å². The molecule has 0 radical (unpaired) electrons. The van der Waals surface area contributed by atoms with Gasteiger partial charge in [-0.1, -0.05) is 31.3 Å². The van der Waals surface area contributed by atoms with Crippen LogP contribution in [0, 0.1) is 24.2 Å². The van der Waals surface area contributed by atoms with E-state index in [1.165, 1.54) is 0 Å². The first-order valence-corrected chi connectivity index (χ1v) is 9.30. The van der Waals surface area contributed by atoms with Crippen LogP contribution in [0.15, 0.2) is 55.1 Å². The number of carbonyl (C=O) groups is 1. The minimum atomic E-state index is -0.393. The molecule has 0 aromatic heterocycles. The van der Waals surface area contributed by atoms with Crippen molar-refractivity contribution in [3.8, 4) is 29.9 Å². The Labute approximate surface area is 167 Å². The lowest BCUT2D eigenvalue weighted by atomic mass is 10.0. The van der Waals surface area contributed by atoms with Crippen LogP contribution in [-0.2, 0) is 16.0 Å². The first-order chi connectivity index (χ1) is 13.7. The molecule has 0 saturated carbocycles. The average Bonchev–Trinajstić information content (AvgIpc) is 2.74. The van der Waals surface area contributed by atoms with Crippen molar-refractivity contribution in [3.05, 3.63) is 77.4 Å². The Hall–Kier alpha value is -3.43. The second kappa shape index (κ2) is 11.3. The van der Waals surface area contributed by atoms with Crippen molar-refractivity contribution in [1.29, 1.82) is 0 Å². The maximum atomic E-state index is 10.9. The average molecular weight is 372 g/mol. The molecule has 0 fully saturated rings. The predicted molar refractivity (Wildman–Crippen MR) is 112 cm³/mol. The minimum absolute atomic E-state index is 0.380. The number of terminal acetylenes is 1. The zero-order chi connectivity index (χ0) is 20.2. The first kappa shape index (κ1) is 20.9. The molecule has 2 aromatic carbocycles. The van der Waals surface area contributed by atoms with E-state index in [1.54, 1.807) is 0 Å². The Balaban J connectivity index is 1.83. The minimum Gasteiger partial charge on any atom is -0.494 e. The summed E-state index contributed by atoms with van der Waals surface area (Å²) >= 11 is 0. The lowest BCUT2D eigenvalue weighted by Crippen LogP contribution is -2.04. The van der Waals surface area contributed by atoms with Crippen LogP contribution < -0.4 is 4.74 Å². The molecule has 2 aromatic rings.